The van der Waals surface area contributed by atoms with Gasteiger partial charge in [-0.15, -0.1) is 0 Å². The summed E-state index contributed by atoms with van der Waals surface area (Å²) < 4.78 is 11.7. The van der Waals surface area contributed by atoms with E-state index in [9.17, 15) is 0 Å². The molecule has 0 spiro atoms. The van der Waals surface area contributed by atoms with Crippen molar-refractivity contribution in [1.29, 1.82) is 0 Å². The SMILES string of the molecule is CCCOC[C@H]1CCN(c2ncnc3c2Cc2ccccc2OC3)C1. The molecule has 2 aromatic rings. The van der Waals surface area contributed by atoms with Crippen LogP contribution in [0.5, 0.6) is 5.75 Å². The summed E-state index contributed by atoms with van der Waals surface area (Å²) in [7, 11) is 0. The van der Waals surface area contributed by atoms with E-state index >= 15 is 0 Å². The van der Waals surface area contributed by atoms with Gasteiger partial charge >= 0.3 is 0 Å². The molecule has 25 heavy (non-hydrogen) atoms. The first-order valence-electron chi connectivity index (χ1n) is 9.21. The van der Waals surface area contributed by atoms with Crippen molar-refractivity contribution in [2.24, 2.45) is 5.92 Å². The molecular weight excluding hydrogens is 314 g/mol. The minimum Gasteiger partial charge on any atom is -0.487 e. The highest BCUT2D eigenvalue weighted by molar-refractivity contribution is 5.54. The molecule has 2 aliphatic rings. The summed E-state index contributed by atoms with van der Waals surface area (Å²) in [6.07, 6.45) is 4.74. The molecule has 0 saturated carbocycles. The number of benzene rings is 1. The molecule has 1 saturated heterocycles. The van der Waals surface area contributed by atoms with Gasteiger partial charge in [-0.25, -0.2) is 9.97 Å². The Hall–Kier alpha value is -2.14. The fourth-order valence-electron chi connectivity index (χ4n) is 3.70. The van der Waals surface area contributed by atoms with Gasteiger partial charge in [-0.2, -0.15) is 0 Å². The van der Waals surface area contributed by atoms with Gasteiger partial charge in [0.15, 0.2) is 0 Å². The van der Waals surface area contributed by atoms with E-state index in [0.29, 0.717) is 12.5 Å². The summed E-state index contributed by atoms with van der Waals surface area (Å²) in [4.78, 5) is 11.5. The number of rotatable bonds is 5. The molecule has 5 nitrogen and oxygen atoms in total. The molecule has 3 heterocycles. The molecule has 2 aliphatic heterocycles. The van der Waals surface area contributed by atoms with E-state index in [1.165, 1.54) is 11.1 Å². The van der Waals surface area contributed by atoms with Gasteiger partial charge in [0.25, 0.3) is 0 Å². The van der Waals surface area contributed by atoms with Crippen LogP contribution in [0.2, 0.25) is 0 Å². The molecule has 0 bridgehead atoms. The summed E-state index contributed by atoms with van der Waals surface area (Å²) >= 11 is 0. The Labute approximate surface area is 149 Å². The van der Waals surface area contributed by atoms with Crippen LogP contribution in [0.25, 0.3) is 0 Å². The normalized spacial score (nSPS) is 19.1. The van der Waals surface area contributed by atoms with Gasteiger partial charge in [-0.05, 0) is 24.5 Å². The van der Waals surface area contributed by atoms with Crippen LogP contribution in [0.15, 0.2) is 30.6 Å². The molecule has 132 valence electrons. The van der Waals surface area contributed by atoms with E-state index in [-0.39, 0.29) is 0 Å². The topological polar surface area (TPSA) is 47.5 Å². The molecule has 4 rings (SSSR count). The van der Waals surface area contributed by atoms with Gasteiger partial charge in [-0.3, -0.25) is 0 Å². The van der Waals surface area contributed by atoms with Crippen molar-refractivity contribution >= 4 is 5.82 Å². The Balaban J connectivity index is 1.55. The minimum absolute atomic E-state index is 0.513. The lowest BCUT2D eigenvalue weighted by Gasteiger charge is -2.21. The summed E-state index contributed by atoms with van der Waals surface area (Å²) in [5.74, 6) is 2.62. The number of anilines is 1. The maximum absolute atomic E-state index is 5.95. The molecule has 0 unspecified atom stereocenters. The maximum Gasteiger partial charge on any atom is 0.135 e. The number of nitrogens with zero attached hydrogens (tertiary/aromatic N) is 3. The van der Waals surface area contributed by atoms with Crippen LogP contribution in [-0.2, 0) is 17.8 Å². The van der Waals surface area contributed by atoms with Crippen LogP contribution in [0.4, 0.5) is 5.82 Å². The number of aromatic nitrogens is 2. The predicted octanol–water partition coefficient (Wildman–Crippen LogP) is 3.21. The lowest BCUT2D eigenvalue weighted by molar-refractivity contribution is 0.106. The number of ether oxygens (including phenoxy) is 2. The average Bonchev–Trinajstić information content (AvgIpc) is 3.02. The third kappa shape index (κ3) is 3.47. The first-order valence-corrected chi connectivity index (χ1v) is 9.21. The fourth-order valence-corrected chi connectivity index (χ4v) is 3.70. The summed E-state index contributed by atoms with van der Waals surface area (Å²) in [5, 5.41) is 0. The summed E-state index contributed by atoms with van der Waals surface area (Å²) in [5.41, 5.74) is 3.42. The Morgan fingerprint density at radius 2 is 2.20 bits per heavy atom. The second kappa shape index (κ2) is 7.40. The molecule has 1 aromatic heterocycles. The van der Waals surface area contributed by atoms with Crippen molar-refractivity contribution in [3.8, 4) is 5.75 Å². The van der Waals surface area contributed by atoms with Crippen molar-refractivity contribution < 1.29 is 9.47 Å². The van der Waals surface area contributed by atoms with Crippen LogP contribution in [0, 0.1) is 5.92 Å². The Kier molecular flexibility index (Phi) is 4.83. The van der Waals surface area contributed by atoms with Crippen molar-refractivity contribution in [2.75, 3.05) is 31.2 Å². The summed E-state index contributed by atoms with van der Waals surface area (Å²) in [6.45, 7) is 6.41. The molecule has 1 atom stereocenters. The van der Waals surface area contributed by atoms with Crippen molar-refractivity contribution in [3.63, 3.8) is 0 Å². The predicted molar refractivity (Wildman–Crippen MR) is 97.0 cm³/mol. The third-order valence-corrected chi connectivity index (χ3v) is 5.00. The lowest BCUT2D eigenvalue weighted by atomic mass is 10.0. The molecule has 0 radical (unpaired) electrons. The molecule has 1 aromatic carbocycles. The third-order valence-electron chi connectivity index (χ3n) is 5.00. The maximum atomic E-state index is 5.95. The highest BCUT2D eigenvalue weighted by Gasteiger charge is 2.28. The van der Waals surface area contributed by atoms with Crippen molar-refractivity contribution in [1.82, 2.24) is 9.97 Å². The number of fused-ring (bicyclic) bond motifs is 2. The Bertz CT molecular complexity index is 735. The second-order valence-corrected chi connectivity index (χ2v) is 6.87. The summed E-state index contributed by atoms with van der Waals surface area (Å²) in [6, 6.07) is 8.24. The first kappa shape index (κ1) is 16.3. The van der Waals surface area contributed by atoms with E-state index in [1.807, 2.05) is 12.1 Å². The average molecular weight is 339 g/mol. The van der Waals surface area contributed by atoms with Gasteiger partial charge in [-0.1, -0.05) is 25.1 Å². The first-order chi connectivity index (χ1) is 12.3. The van der Waals surface area contributed by atoms with E-state index in [1.54, 1.807) is 6.33 Å². The van der Waals surface area contributed by atoms with Gasteiger partial charge < -0.3 is 14.4 Å². The van der Waals surface area contributed by atoms with Crippen molar-refractivity contribution in [2.45, 2.75) is 32.8 Å². The van der Waals surface area contributed by atoms with Gasteiger partial charge in [0.05, 0.1) is 12.3 Å². The van der Waals surface area contributed by atoms with Crippen LogP contribution in [0.1, 0.15) is 36.6 Å². The highest BCUT2D eigenvalue weighted by Crippen LogP contribution is 2.33. The number of hydrogen-bond donors (Lipinski definition) is 0. The van der Waals surface area contributed by atoms with E-state index in [4.69, 9.17) is 9.47 Å². The monoisotopic (exact) mass is 339 g/mol. The minimum atomic E-state index is 0.513. The van der Waals surface area contributed by atoms with Crippen LogP contribution < -0.4 is 9.64 Å². The van der Waals surface area contributed by atoms with E-state index in [2.05, 4.69) is 33.9 Å². The van der Waals surface area contributed by atoms with E-state index < -0.39 is 0 Å². The quantitative estimate of drug-likeness (QED) is 0.783. The largest absolute Gasteiger partial charge is 0.487 e. The van der Waals surface area contributed by atoms with E-state index in [0.717, 1.165) is 62.8 Å². The smallest absolute Gasteiger partial charge is 0.135 e. The van der Waals surface area contributed by atoms with Gasteiger partial charge in [0, 0.05) is 37.6 Å². The molecule has 0 N–H and O–H groups in total. The zero-order valence-electron chi connectivity index (χ0n) is 14.8. The number of hydrogen-bond acceptors (Lipinski definition) is 5. The lowest BCUT2D eigenvalue weighted by Crippen LogP contribution is -2.24. The van der Waals surface area contributed by atoms with Crippen molar-refractivity contribution in [3.05, 3.63) is 47.4 Å². The number of para-hydroxylation sites is 1. The van der Waals surface area contributed by atoms with Crippen LogP contribution in [0.3, 0.4) is 0 Å². The standard InChI is InChI=1S/C20H25N3O2/c1-2-9-24-12-15-7-8-23(11-15)20-17-10-16-5-3-4-6-19(16)25-13-18(17)21-14-22-20/h3-6,14-15H,2,7-13H2,1H3/t15-/m0/s1. The van der Waals surface area contributed by atoms with Gasteiger partial charge in [0.2, 0.25) is 0 Å². The molecule has 0 amide bonds. The van der Waals surface area contributed by atoms with Crippen LogP contribution >= 0.6 is 0 Å². The molecule has 5 heteroatoms. The Morgan fingerprint density at radius 3 is 3.12 bits per heavy atom. The zero-order valence-corrected chi connectivity index (χ0v) is 14.8. The second-order valence-electron chi connectivity index (χ2n) is 6.87. The highest BCUT2D eigenvalue weighted by atomic mass is 16.5. The molecular formula is C20H25N3O2. The molecule has 0 aliphatic carbocycles. The fraction of sp³-hybridized carbons (Fsp3) is 0.500. The van der Waals surface area contributed by atoms with Gasteiger partial charge in [0.1, 0.15) is 24.5 Å². The molecule has 1 fully saturated rings. The zero-order chi connectivity index (χ0) is 17.1. The Morgan fingerprint density at radius 1 is 1.28 bits per heavy atom. The van der Waals surface area contributed by atoms with Crippen LogP contribution in [-0.4, -0.2) is 36.3 Å².